The number of thioether (sulfide) groups is 1. The number of carbonyl (C=O) groups excluding carboxylic acids is 1. The Balaban J connectivity index is 2.59. The van der Waals surface area contributed by atoms with Gasteiger partial charge < -0.3 is 4.74 Å². The highest BCUT2D eigenvalue weighted by atomic mass is 32.2. The van der Waals surface area contributed by atoms with Gasteiger partial charge in [-0.15, -0.1) is 4.91 Å². The molecule has 0 spiro atoms. The molecule has 0 aromatic rings. The first-order valence-corrected chi connectivity index (χ1v) is 4.46. The third-order valence-corrected chi connectivity index (χ3v) is 2.61. The molecule has 0 amide bonds. The molecule has 1 aliphatic rings. The maximum Gasteiger partial charge on any atom is 0.304 e. The van der Waals surface area contributed by atoms with Crippen molar-refractivity contribution in [3.63, 3.8) is 0 Å². The number of esters is 1. The molecule has 0 radical (unpaired) electrons. The molecule has 1 unspecified atom stereocenters. The van der Waals surface area contributed by atoms with Gasteiger partial charge in [-0.05, 0) is 10.9 Å². The molecule has 0 aliphatic carbocycles. The average Bonchev–Trinajstić information content (AvgIpc) is 2.36. The van der Waals surface area contributed by atoms with Crippen molar-refractivity contribution in [3.05, 3.63) is 4.91 Å². The highest BCUT2D eigenvalue weighted by molar-refractivity contribution is 7.99. The summed E-state index contributed by atoms with van der Waals surface area (Å²) >= 11 is 1.58. The lowest BCUT2D eigenvalue weighted by Gasteiger charge is -2.18. The molecule has 1 fully saturated rings. The highest BCUT2D eigenvalue weighted by Gasteiger charge is 2.39. The van der Waals surface area contributed by atoms with E-state index in [1.54, 1.807) is 11.8 Å². The summed E-state index contributed by atoms with van der Waals surface area (Å²) in [6, 6.07) is 0. The number of hydrogen-bond donors (Lipinski definition) is 0. The molecule has 1 heterocycles. The number of carbonyl (C=O) groups is 1. The van der Waals surface area contributed by atoms with Gasteiger partial charge in [-0.1, -0.05) is 0 Å². The highest BCUT2D eigenvalue weighted by Crippen LogP contribution is 2.32. The first-order chi connectivity index (χ1) is 5.18. The normalized spacial score (nSPS) is 29.9. The van der Waals surface area contributed by atoms with E-state index in [9.17, 15) is 9.70 Å². The van der Waals surface area contributed by atoms with E-state index in [1.165, 1.54) is 6.92 Å². The maximum absolute atomic E-state index is 10.5. The predicted molar refractivity (Wildman–Crippen MR) is 42.2 cm³/mol. The van der Waals surface area contributed by atoms with E-state index in [1.807, 2.05) is 0 Å². The van der Waals surface area contributed by atoms with Crippen molar-refractivity contribution in [3.8, 4) is 0 Å². The van der Waals surface area contributed by atoms with Crippen LogP contribution in [0.1, 0.15) is 13.3 Å². The summed E-state index contributed by atoms with van der Waals surface area (Å²) in [7, 11) is 0. The van der Waals surface area contributed by atoms with Gasteiger partial charge in [-0.25, -0.2) is 0 Å². The van der Waals surface area contributed by atoms with Gasteiger partial charge in [0.05, 0.1) is 5.75 Å². The second-order valence-electron chi connectivity index (χ2n) is 2.43. The molecule has 4 nitrogen and oxygen atoms in total. The Kier molecular flexibility index (Phi) is 2.49. The Hall–Kier alpha value is -0.580. The van der Waals surface area contributed by atoms with Crippen LogP contribution in [0.2, 0.25) is 0 Å². The molecule has 0 aromatic heterocycles. The van der Waals surface area contributed by atoms with Gasteiger partial charge in [0, 0.05) is 13.3 Å². The molecule has 0 bridgehead atoms. The molecule has 1 aliphatic heterocycles. The smallest absolute Gasteiger partial charge is 0.304 e. The van der Waals surface area contributed by atoms with E-state index >= 15 is 0 Å². The summed E-state index contributed by atoms with van der Waals surface area (Å²) in [6.45, 7) is 1.29. The van der Waals surface area contributed by atoms with Gasteiger partial charge in [-0.3, -0.25) is 4.79 Å². The predicted octanol–water partition coefficient (Wildman–Crippen LogP) is 1.15. The van der Waals surface area contributed by atoms with Crippen molar-refractivity contribution in [1.82, 2.24) is 0 Å². The van der Waals surface area contributed by atoms with Crippen LogP contribution < -0.4 is 0 Å². The van der Waals surface area contributed by atoms with Crippen LogP contribution in [-0.2, 0) is 9.53 Å². The van der Waals surface area contributed by atoms with E-state index in [0.29, 0.717) is 12.2 Å². The molecule has 0 N–H and O–H groups in total. The molecule has 5 heteroatoms. The largest absolute Gasteiger partial charge is 0.433 e. The van der Waals surface area contributed by atoms with Crippen LogP contribution in [0.4, 0.5) is 0 Å². The van der Waals surface area contributed by atoms with Crippen molar-refractivity contribution < 1.29 is 9.53 Å². The molecule has 11 heavy (non-hydrogen) atoms. The lowest BCUT2D eigenvalue weighted by molar-refractivity contribution is -0.153. The number of nitrogens with zero attached hydrogens (tertiary/aromatic N) is 1. The van der Waals surface area contributed by atoms with Gasteiger partial charge in [0.15, 0.2) is 0 Å². The lowest BCUT2D eigenvalue weighted by Crippen LogP contribution is -2.31. The van der Waals surface area contributed by atoms with E-state index in [0.717, 1.165) is 5.75 Å². The molecule has 62 valence electrons. The van der Waals surface area contributed by atoms with E-state index in [2.05, 4.69) is 5.18 Å². The van der Waals surface area contributed by atoms with Gasteiger partial charge in [0.2, 0.25) is 0 Å². The monoisotopic (exact) mass is 175 g/mol. The zero-order valence-electron chi connectivity index (χ0n) is 6.20. The Morgan fingerprint density at radius 3 is 2.82 bits per heavy atom. The Labute approximate surface area is 68.7 Å². The summed E-state index contributed by atoms with van der Waals surface area (Å²) in [5.74, 6) is 0.891. The molecular weight excluding hydrogens is 166 g/mol. The van der Waals surface area contributed by atoms with Crippen LogP contribution in [0.25, 0.3) is 0 Å². The third kappa shape index (κ3) is 1.92. The second kappa shape index (κ2) is 3.21. The quantitative estimate of drug-likeness (QED) is 0.466. The summed E-state index contributed by atoms with van der Waals surface area (Å²) in [5.41, 5.74) is -1.06. The van der Waals surface area contributed by atoms with E-state index < -0.39 is 11.7 Å². The second-order valence-corrected chi connectivity index (χ2v) is 3.54. The SMILES string of the molecule is CC(=O)OC1(N=O)CCSC1. The zero-order chi connectivity index (χ0) is 8.32. The molecular formula is C6H9NO3S. The third-order valence-electron chi connectivity index (χ3n) is 1.46. The minimum absolute atomic E-state index is 0.438. The van der Waals surface area contributed by atoms with Crippen LogP contribution in [0.5, 0.6) is 0 Å². The first kappa shape index (κ1) is 8.52. The van der Waals surface area contributed by atoms with Crippen molar-refractivity contribution in [2.45, 2.75) is 19.1 Å². The van der Waals surface area contributed by atoms with Crippen molar-refractivity contribution in [1.29, 1.82) is 0 Å². The molecule has 0 aromatic carbocycles. The Bertz CT molecular complexity index is 177. The molecule has 1 rings (SSSR count). The number of ether oxygens (including phenoxy) is 1. The van der Waals surface area contributed by atoms with Crippen LogP contribution in [-0.4, -0.2) is 23.2 Å². The minimum atomic E-state index is -1.06. The number of hydrogen-bond acceptors (Lipinski definition) is 5. The number of rotatable bonds is 2. The molecule has 1 atom stereocenters. The molecule has 0 saturated carbocycles. The lowest BCUT2D eigenvalue weighted by atomic mass is 10.2. The fourth-order valence-corrected chi connectivity index (χ4v) is 2.16. The standard InChI is InChI=1S/C6H9NO3S/c1-5(8)10-6(7-9)2-3-11-4-6/h2-4H2,1H3. The van der Waals surface area contributed by atoms with E-state index in [-0.39, 0.29) is 0 Å². The summed E-state index contributed by atoms with van der Waals surface area (Å²) in [6.07, 6.45) is 0.542. The van der Waals surface area contributed by atoms with E-state index in [4.69, 9.17) is 4.74 Å². The minimum Gasteiger partial charge on any atom is -0.433 e. The topological polar surface area (TPSA) is 55.7 Å². The summed E-state index contributed by atoms with van der Waals surface area (Å²) in [4.78, 5) is 20.9. The van der Waals surface area contributed by atoms with Gasteiger partial charge in [0.1, 0.15) is 0 Å². The zero-order valence-corrected chi connectivity index (χ0v) is 7.02. The van der Waals surface area contributed by atoms with Gasteiger partial charge in [-0.2, -0.15) is 11.8 Å². The molecule has 1 saturated heterocycles. The van der Waals surface area contributed by atoms with Crippen molar-refractivity contribution in [2.75, 3.05) is 11.5 Å². The Morgan fingerprint density at radius 2 is 2.45 bits per heavy atom. The van der Waals surface area contributed by atoms with Gasteiger partial charge in [0.25, 0.3) is 5.72 Å². The van der Waals surface area contributed by atoms with Crippen molar-refractivity contribution in [2.24, 2.45) is 5.18 Å². The average molecular weight is 175 g/mol. The van der Waals surface area contributed by atoms with Crippen LogP contribution in [0, 0.1) is 4.91 Å². The van der Waals surface area contributed by atoms with Crippen LogP contribution >= 0.6 is 11.8 Å². The van der Waals surface area contributed by atoms with Crippen molar-refractivity contribution >= 4 is 17.7 Å². The van der Waals surface area contributed by atoms with Crippen LogP contribution in [0.15, 0.2) is 5.18 Å². The fraction of sp³-hybridized carbons (Fsp3) is 0.833. The first-order valence-electron chi connectivity index (χ1n) is 3.30. The van der Waals surface area contributed by atoms with Crippen LogP contribution in [0.3, 0.4) is 0 Å². The maximum atomic E-state index is 10.5. The Morgan fingerprint density at radius 1 is 1.73 bits per heavy atom. The summed E-state index contributed by atoms with van der Waals surface area (Å²) < 4.78 is 4.81. The fourth-order valence-electron chi connectivity index (χ4n) is 0.974. The summed E-state index contributed by atoms with van der Waals surface area (Å²) in [5, 5.41) is 2.85. The van der Waals surface area contributed by atoms with Gasteiger partial charge >= 0.3 is 5.97 Å². The number of nitroso groups, excluding NO2 is 1.